The van der Waals surface area contributed by atoms with Crippen molar-refractivity contribution in [3.05, 3.63) is 242 Å². The first-order valence-electron chi connectivity index (χ1n) is 21.2. The van der Waals surface area contributed by atoms with Crippen LogP contribution in [0.15, 0.2) is 109 Å². The second kappa shape index (κ2) is 20.3. The molecule has 0 bridgehead atoms. The van der Waals surface area contributed by atoms with Gasteiger partial charge in [0.2, 0.25) is 17.8 Å². The van der Waals surface area contributed by atoms with Crippen molar-refractivity contribution in [1.29, 1.82) is 0 Å². The number of hydrogen-bond donors (Lipinski definition) is 0. The van der Waals surface area contributed by atoms with Crippen LogP contribution in [0.5, 0.6) is 0 Å². The highest BCUT2D eigenvalue weighted by atomic mass is 19.2. The van der Waals surface area contributed by atoms with Gasteiger partial charge in [-0.1, -0.05) is 84.9 Å². The Morgan fingerprint density at radius 2 is 0.658 bits per heavy atom. The third kappa shape index (κ3) is 8.34. The zero-order valence-electron chi connectivity index (χ0n) is 37.0. The molecule has 0 amide bonds. The van der Waals surface area contributed by atoms with Crippen molar-refractivity contribution in [2.45, 2.75) is 6.54 Å². The number of nitrogens with zero attached hydrogens (tertiary/aromatic N) is 1. The van der Waals surface area contributed by atoms with Crippen LogP contribution in [0.4, 0.5) is 87.8 Å². The van der Waals surface area contributed by atoms with Gasteiger partial charge in [-0.25, -0.2) is 87.8 Å². The molecule has 388 valence electrons. The minimum Gasteiger partial charge on any atom is -0.287 e. The van der Waals surface area contributed by atoms with Crippen LogP contribution in [0.2, 0.25) is 0 Å². The van der Waals surface area contributed by atoms with Gasteiger partial charge in [0.1, 0.15) is 52.7 Å². The first-order valence-corrected chi connectivity index (χ1v) is 21.2. The molecule has 0 radical (unpaired) electrons. The highest BCUT2D eigenvalue weighted by Gasteiger charge is 2.52. The zero-order valence-corrected chi connectivity index (χ0v) is 37.0. The lowest BCUT2D eigenvalue weighted by Crippen LogP contribution is -2.81. The maximum atomic E-state index is 15.4. The average molecular weight is 1080 g/mol. The predicted molar refractivity (Wildman–Crippen MR) is 232 cm³/mol. The number of Topliss-reactive ketones (excluding diaryl/α,β-unsaturated/α-hetero) is 1. The molecule has 3 nitrogen and oxygen atoms in total. The number of benzene rings is 8. The summed E-state index contributed by atoms with van der Waals surface area (Å²) >= 11 is 0. The molecule has 0 aliphatic rings. The van der Waals surface area contributed by atoms with Crippen LogP contribution in [0.1, 0.15) is 26.4 Å². The Morgan fingerprint density at radius 3 is 1.07 bits per heavy atom. The lowest BCUT2D eigenvalue weighted by Gasteiger charge is -2.44. The number of hydrogen-bond acceptors (Lipinski definition) is 2. The highest BCUT2D eigenvalue weighted by Crippen LogP contribution is 2.31. The Kier molecular flexibility index (Phi) is 14.3. The number of fused-ring (bicyclic) bond motifs is 2. The largest absolute Gasteiger partial charge is 0.287 e. The van der Waals surface area contributed by atoms with Gasteiger partial charge in [0.15, 0.2) is 69.8 Å². The van der Waals surface area contributed by atoms with E-state index in [4.69, 9.17) is 0 Å². The van der Waals surface area contributed by atoms with Crippen molar-refractivity contribution in [3.8, 4) is 0 Å². The summed E-state index contributed by atoms with van der Waals surface area (Å²) < 4.78 is 296. The number of carbonyl (C=O) groups is 2. The number of pyridine rings is 1. The van der Waals surface area contributed by atoms with Crippen LogP contribution in [-0.2, 0) is 6.54 Å². The van der Waals surface area contributed by atoms with Gasteiger partial charge >= 0.3 is 0 Å². The normalized spacial score (nSPS) is 11.6. The van der Waals surface area contributed by atoms with E-state index in [0.29, 0.717) is 16.8 Å². The molecule has 8 aromatic carbocycles. The average Bonchev–Trinajstić information content (AvgIpc) is 3.44. The summed E-state index contributed by atoms with van der Waals surface area (Å²) in [5.74, 6) is -71.5. The smallest absolute Gasteiger partial charge is 0.257 e. The third-order valence-corrected chi connectivity index (χ3v) is 12.3. The molecule has 1 aromatic heterocycles. The number of rotatable bonds is 9. The van der Waals surface area contributed by atoms with Gasteiger partial charge in [0.25, 0.3) is 11.5 Å². The van der Waals surface area contributed by atoms with Crippen molar-refractivity contribution >= 4 is 61.2 Å². The fourth-order valence-electron chi connectivity index (χ4n) is 8.93. The maximum absolute atomic E-state index is 15.4. The molecular formula is C52H20BF20NO2. The number of halogens is 20. The molecule has 0 aliphatic carbocycles. The monoisotopic (exact) mass is 1080 g/mol. The number of carbonyl (C=O) groups excluding carboxylic acids is 2. The minimum atomic E-state index is -7.22. The Balaban J connectivity index is 0.000000215. The molecule has 9 rings (SSSR count). The van der Waals surface area contributed by atoms with Crippen molar-refractivity contribution in [1.82, 2.24) is 0 Å². The first kappa shape index (κ1) is 53.7. The van der Waals surface area contributed by atoms with E-state index in [9.17, 15) is 62.3 Å². The van der Waals surface area contributed by atoms with Crippen LogP contribution >= 0.6 is 0 Å². The molecule has 76 heavy (non-hydrogen) atoms. The molecule has 0 saturated carbocycles. The summed E-state index contributed by atoms with van der Waals surface area (Å²) in [6.45, 7) is 0.0945. The SMILES string of the molecule is Fc1c(F)c(F)c([B-](c2c(F)c(F)c(F)c(F)c2F)(c2c(F)c(F)c(F)c(F)c2F)c2c(F)c(F)c(F)c(F)c2F)c(F)c1F.O=C(C[n+]1c(C(=O)c2cccc3ccccc23)ccc2ccccc21)c1ccccc1. The van der Waals surface area contributed by atoms with Crippen molar-refractivity contribution in [2.24, 2.45) is 0 Å². The van der Waals surface area contributed by atoms with Gasteiger partial charge in [-0.3, -0.25) is 9.59 Å². The molecule has 0 unspecified atom stereocenters. The van der Waals surface area contributed by atoms with E-state index >= 15 is 35.1 Å². The Labute approximate surface area is 411 Å². The lowest BCUT2D eigenvalue weighted by molar-refractivity contribution is -0.658. The summed E-state index contributed by atoms with van der Waals surface area (Å²) in [6.07, 6.45) is -7.22. The molecule has 24 heteroatoms. The second-order valence-corrected chi connectivity index (χ2v) is 16.3. The molecule has 9 aromatic rings. The van der Waals surface area contributed by atoms with Crippen molar-refractivity contribution in [2.75, 3.05) is 0 Å². The van der Waals surface area contributed by atoms with Gasteiger partial charge < -0.3 is 0 Å². The van der Waals surface area contributed by atoms with Gasteiger partial charge in [0.05, 0.1) is 0 Å². The summed E-state index contributed by atoms with van der Waals surface area (Å²) in [6, 6.07) is 34.4. The molecular weight excluding hydrogens is 1060 g/mol. The summed E-state index contributed by atoms with van der Waals surface area (Å²) in [5.41, 5.74) is -11.7. The molecule has 0 aliphatic heterocycles. The minimum absolute atomic E-state index is 0.0334. The van der Waals surface area contributed by atoms with Crippen LogP contribution in [-0.4, -0.2) is 17.7 Å². The van der Waals surface area contributed by atoms with Crippen LogP contribution < -0.4 is 26.4 Å². The maximum Gasteiger partial charge on any atom is 0.257 e. The van der Waals surface area contributed by atoms with Gasteiger partial charge in [-0.15, -0.1) is 21.9 Å². The zero-order chi connectivity index (χ0) is 55.6. The fraction of sp³-hybridized carbons (Fsp3) is 0.0192. The molecule has 1 heterocycles. The van der Waals surface area contributed by atoms with Gasteiger partial charge in [-0.05, 0) is 22.9 Å². The number of ketones is 2. The Bertz CT molecular complexity index is 3530. The van der Waals surface area contributed by atoms with E-state index in [2.05, 4.69) is 0 Å². The van der Waals surface area contributed by atoms with Crippen LogP contribution in [0.3, 0.4) is 0 Å². The molecule has 0 N–H and O–H groups in total. The van der Waals surface area contributed by atoms with Crippen LogP contribution in [0, 0.1) is 116 Å². The summed E-state index contributed by atoms with van der Waals surface area (Å²) in [4.78, 5) is 26.8. The Morgan fingerprint density at radius 1 is 0.329 bits per heavy atom. The van der Waals surface area contributed by atoms with Crippen molar-refractivity contribution < 1.29 is 102 Å². The quantitative estimate of drug-likeness (QED) is 0.0361. The Hall–Kier alpha value is -8.57. The molecule has 0 fully saturated rings. The van der Waals surface area contributed by atoms with E-state index in [0.717, 1.165) is 21.7 Å². The first-order chi connectivity index (χ1) is 35.9. The highest BCUT2D eigenvalue weighted by molar-refractivity contribution is 7.20. The lowest BCUT2D eigenvalue weighted by atomic mass is 9.12. The number of para-hydroxylation sites is 1. The topological polar surface area (TPSA) is 38.0 Å². The van der Waals surface area contributed by atoms with Crippen LogP contribution in [0.25, 0.3) is 21.7 Å². The standard InChI is InChI=1S/C28H20NO2.C24BF20/c30-27(22-11-2-1-3-12-22)19-29-25-16-7-5-10-21(25)17-18-26(29)28(31)24-15-8-13-20-9-4-6-14-23(20)24;26-5-1(6(27)14(35)21(42)13(5)34)25(2-7(28)15(36)22(43)16(37)8(2)29,3-9(30)17(38)23(44)18(39)10(3)31)4-11(32)19(40)24(45)20(41)12(4)33/h1-18H,19H2;/q+1;-1. The van der Waals surface area contributed by atoms with E-state index in [1.807, 2.05) is 102 Å². The van der Waals surface area contributed by atoms with Crippen molar-refractivity contribution in [3.63, 3.8) is 0 Å². The second-order valence-electron chi connectivity index (χ2n) is 16.3. The number of aromatic nitrogens is 1. The van der Waals surface area contributed by atoms with E-state index < -0.39 is 144 Å². The predicted octanol–water partition coefficient (Wildman–Crippen LogP) is 11.2. The van der Waals surface area contributed by atoms with E-state index in [1.54, 1.807) is 12.1 Å². The van der Waals surface area contributed by atoms with Gasteiger partial charge in [-0.2, -0.15) is 4.57 Å². The van der Waals surface area contributed by atoms with Gasteiger partial charge in [0, 0.05) is 28.6 Å². The molecule has 0 spiro atoms. The van der Waals surface area contributed by atoms with E-state index in [-0.39, 0.29) is 18.1 Å². The summed E-state index contributed by atoms with van der Waals surface area (Å²) in [7, 11) is 0. The van der Waals surface area contributed by atoms with E-state index in [1.165, 1.54) is 0 Å². The molecule has 0 saturated heterocycles. The molecule has 0 atom stereocenters. The fourth-order valence-corrected chi connectivity index (χ4v) is 8.93. The summed E-state index contributed by atoms with van der Waals surface area (Å²) in [5, 5.41) is 2.91. The third-order valence-electron chi connectivity index (χ3n) is 12.3.